The van der Waals surface area contributed by atoms with Gasteiger partial charge >= 0.3 is 4.87 Å². The Hall–Kier alpha value is -2.64. The van der Waals surface area contributed by atoms with E-state index in [0.717, 1.165) is 25.5 Å². The van der Waals surface area contributed by atoms with Crippen LogP contribution in [0.4, 0.5) is 5.69 Å². The SMILES string of the molecule is CC(C)n1c(=O)sc2cc(NC(=O)COc3ccc4ccccc4c3Br)ccc21. The quantitative estimate of drug-likeness (QED) is 0.414. The van der Waals surface area contributed by atoms with Crippen LogP contribution < -0.4 is 14.9 Å². The van der Waals surface area contributed by atoms with E-state index >= 15 is 0 Å². The standard InChI is InChI=1S/C22H19BrN2O3S/c1-13(2)25-17-9-8-15(11-19(17)29-22(25)27)24-20(26)12-28-18-10-7-14-5-3-4-6-16(14)21(18)23/h3-11,13H,12H2,1-2H3,(H,24,26). The molecule has 0 saturated carbocycles. The normalized spacial score (nSPS) is 11.3. The Labute approximate surface area is 180 Å². The molecule has 0 aliphatic rings. The van der Waals surface area contributed by atoms with Crippen molar-refractivity contribution in [1.82, 2.24) is 4.57 Å². The molecule has 0 atom stereocenters. The number of benzene rings is 3. The fourth-order valence-corrected chi connectivity index (χ4v) is 4.93. The van der Waals surface area contributed by atoms with Crippen molar-refractivity contribution in [3.8, 4) is 5.75 Å². The van der Waals surface area contributed by atoms with Crippen LogP contribution in [-0.2, 0) is 4.79 Å². The zero-order chi connectivity index (χ0) is 20.5. The number of thiazole rings is 1. The second-order valence-electron chi connectivity index (χ2n) is 6.95. The fourth-order valence-electron chi connectivity index (χ4n) is 3.27. The van der Waals surface area contributed by atoms with Gasteiger partial charge in [0.1, 0.15) is 5.75 Å². The van der Waals surface area contributed by atoms with Gasteiger partial charge in [0, 0.05) is 11.7 Å². The number of aromatic nitrogens is 1. The number of carbonyl (C=O) groups is 1. The second-order valence-corrected chi connectivity index (χ2v) is 8.74. The molecule has 5 nitrogen and oxygen atoms in total. The molecule has 0 fully saturated rings. The van der Waals surface area contributed by atoms with Crippen LogP contribution in [0.2, 0.25) is 0 Å². The lowest BCUT2D eigenvalue weighted by Crippen LogP contribution is -2.20. The van der Waals surface area contributed by atoms with Crippen molar-refractivity contribution >= 4 is 59.9 Å². The molecule has 7 heteroatoms. The number of hydrogen-bond donors (Lipinski definition) is 1. The highest BCUT2D eigenvalue weighted by molar-refractivity contribution is 9.10. The van der Waals surface area contributed by atoms with Crippen molar-refractivity contribution in [2.24, 2.45) is 0 Å². The molecule has 148 valence electrons. The molecular formula is C22H19BrN2O3S. The van der Waals surface area contributed by atoms with Gasteiger partial charge in [-0.3, -0.25) is 14.2 Å². The second kappa shape index (κ2) is 8.00. The van der Waals surface area contributed by atoms with Gasteiger partial charge in [0.15, 0.2) is 6.61 Å². The maximum Gasteiger partial charge on any atom is 0.308 e. The first-order valence-corrected chi connectivity index (χ1v) is 10.8. The van der Waals surface area contributed by atoms with E-state index in [-0.39, 0.29) is 23.4 Å². The predicted octanol–water partition coefficient (Wildman–Crippen LogP) is 5.58. The van der Waals surface area contributed by atoms with Crippen LogP contribution in [0.15, 0.2) is 63.9 Å². The van der Waals surface area contributed by atoms with Crippen molar-refractivity contribution in [2.75, 3.05) is 11.9 Å². The molecule has 3 aromatic carbocycles. The number of fused-ring (bicyclic) bond motifs is 2. The van der Waals surface area contributed by atoms with Crippen LogP contribution in [0.5, 0.6) is 5.75 Å². The highest BCUT2D eigenvalue weighted by atomic mass is 79.9. The average Bonchev–Trinajstić information content (AvgIpc) is 3.03. The van der Waals surface area contributed by atoms with Gasteiger partial charge in [-0.2, -0.15) is 0 Å². The highest BCUT2D eigenvalue weighted by Gasteiger charge is 2.12. The van der Waals surface area contributed by atoms with E-state index in [2.05, 4.69) is 21.2 Å². The van der Waals surface area contributed by atoms with Crippen LogP contribution in [0.25, 0.3) is 21.0 Å². The van der Waals surface area contributed by atoms with Crippen LogP contribution in [0.1, 0.15) is 19.9 Å². The minimum atomic E-state index is -0.264. The van der Waals surface area contributed by atoms with E-state index in [0.29, 0.717) is 11.4 Å². The van der Waals surface area contributed by atoms with Crippen LogP contribution >= 0.6 is 27.3 Å². The topological polar surface area (TPSA) is 60.3 Å². The van der Waals surface area contributed by atoms with E-state index in [1.807, 2.05) is 62.4 Å². The first kappa shape index (κ1) is 19.7. The van der Waals surface area contributed by atoms with Crippen molar-refractivity contribution in [2.45, 2.75) is 19.9 Å². The number of nitrogens with zero attached hydrogens (tertiary/aromatic N) is 1. The molecule has 1 N–H and O–H groups in total. The number of halogens is 1. The maximum absolute atomic E-state index is 12.4. The molecule has 1 aromatic heterocycles. The lowest BCUT2D eigenvalue weighted by Gasteiger charge is -2.11. The Morgan fingerprint density at radius 3 is 2.76 bits per heavy atom. The molecule has 0 unspecified atom stereocenters. The summed E-state index contributed by atoms with van der Waals surface area (Å²) in [5.74, 6) is 0.349. The number of anilines is 1. The first-order valence-electron chi connectivity index (χ1n) is 9.19. The van der Waals surface area contributed by atoms with Gasteiger partial charge in [-0.05, 0) is 64.8 Å². The molecule has 0 aliphatic heterocycles. The van der Waals surface area contributed by atoms with Crippen molar-refractivity contribution < 1.29 is 9.53 Å². The number of amides is 1. The Kier molecular flexibility index (Phi) is 5.43. The van der Waals surface area contributed by atoms with Gasteiger partial charge < -0.3 is 10.1 Å². The number of hydrogen-bond acceptors (Lipinski definition) is 4. The van der Waals surface area contributed by atoms with E-state index in [1.165, 1.54) is 11.3 Å². The van der Waals surface area contributed by atoms with Gasteiger partial charge in [0.2, 0.25) is 0 Å². The van der Waals surface area contributed by atoms with E-state index in [9.17, 15) is 9.59 Å². The third kappa shape index (κ3) is 3.93. The van der Waals surface area contributed by atoms with E-state index in [1.54, 1.807) is 10.6 Å². The number of carbonyl (C=O) groups excluding carboxylic acids is 1. The first-order chi connectivity index (χ1) is 13.9. The fraction of sp³-hybridized carbons (Fsp3) is 0.182. The molecule has 0 saturated heterocycles. The predicted molar refractivity (Wildman–Crippen MR) is 122 cm³/mol. The summed E-state index contributed by atoms with van der Waals surface area (Å²) in [7, 11) is 0. The Balaban J connectivity index is 1.47. The maximum atomic E-state index is 12.4. The van der Waals surface area contributed by atoms with Gasteiger partial charge in [0.05, 0.1) is 14.7 Å². The summed E-state index contributed by atoms with van der Waals surface area (Å²) in [5, 5.41) is 4.96. The summed E-state index contributed by atoms with van der Waals surface area (Å²) < 4.78 is 9.14. The number of rotatable bonds is 5. The molecule has 0 spiro atoms. The van der Waals surface area contributed by atoms with Crippen molar-refractivity contribution in [3.63, 3.8) is 0 Å². The van der Waals surface area contributed by atoms with Gasteiger partial charge in [-0.25, -0.2) is 0 Å². The lowest BCUT2D eigenvalue weighted by atomic mass is 10.1. The highest BCUT2D eigenvalue weighted by Crippen LogP contribution is 2.33. The summed E-state index contributed by atoms with van der Waals surface area (Å²) in [5.41, 5.74) is 1.52. The van der Waals surface area contributed by atoms with Gasteiger partial charge in [-0.15, -0.1) is 0 Å². The Bertz CT molecular complexity index is 1280. The number of nitrogens with one attached hydrogen (secondary N) is 1. The minimum Gasteiger partial charge on any atom is -0.483 e. The third-order valence-corrected chi connectivity index (χ3v) is 6.34. The van der Waals surface area contributed by atoms with Crippen LogP contribution in [0, 0.1) is 0 Å². The van der Waals surface area contributed by atoms with Crippen molar-refractivity contribution in [3.05, 3.63) is 68.7 Å². The molecule has 4 aromatic rings. The summed E-state index contributed by atoms with van der Waals surface area (Å²) in [6, 6.07) is 17.3. The average molecular weight is 471 g/mol. The molecular weight excluding hydrogens is 452 g/mol. The summed E-state index contributed by atoms with van der Waals surface area (Å²) in [6.45, 7) is 3.84. The summed E-state index contributed by atoms with van der Waals surface area (Å²) in [6.07, 6.45) is 0. The zero-order valence-corrected chi connectivity index (χ0v) is 18.3. The minimum absolute atomic E-state index is 0.00274. The lowest BCUT2D eigenvalue weighted by molar-refractivity contribution is -0.118. The Morgan fingerprint density at radius 2 is 1.97 bits per heavy atom. The summed E-state index contributed by atoms with van der Waals surface area (Å²) in [4.78, 5) is 24.5. The van der Waals surface area contributed by atoms with E-state index in [4.69, 9.17) is 4.74 Å². The molecule has 1 amide bonds. The molecule has 1 heterocycles. The zero-order valence-electron chi connectivity index (χ0n) is 15.9. The van der Waals surface area contributed by atoms with Gasteiger partial charge in [-0.1, -0.05) is 41.7 Å². The monoisotopic (exact) mass is 470 g/mol. The Morgan fingerprint density at radius 1 is 1.17 bits per heavy atom. The van der Waals surface area contributed by atoms with Crippen LogP contribution in [0.3, 0.4) is 0 Å². The molecule has 0 bridgehead atoms. The van der Waals surface area contributed by atoms with Crippen molar-refractivity contribution in [1.29, 1.82) is 0 Å². The third-order valence-electron chi connectivity index (χ3n) is 4.60. The molecule has 0 aliphatic carbocycles. The largest absolute Gasteiger partial charge is 0.483 e. The number of ether oxygens (including phenoxy) is 1. The summed E-state index contributed by atoms with van der Waals surface area (Å²) >= 11 is 4.74. The molecule has 29 heavy (non-hydrogen) atoms. The molecule has 4 rings (SSSR count). The molecule has 0 radical (unpaired) electrons. The smallest absolute Gasteiger partial charge is 0.308 e. The van der Waals surface area contributed by atoms with Gasteiger partial charge in [0.25, 0.3) is 5.91 Å². The van der Waals surface area contributed by atoms with Crippen LogP contribution in [-0.4, -0.2) is 17.1 Å². The van der Waals surface area contributed by atoms with E-state index < -0.39 is 0 Å².